The van der Waals surface area contributed by atoms with E-state index in [1.54, 1.807) is 36.5 Å². The van der Waals surface area contributed by atoms with Crippen LogP contribution in [0.25, 0.3) is 0 Å². The van der Waals surface area contributed by atoms with E-state index in [2.05, 4.69) is 30.3 Å². The minimum absolute atomic E-state index is 0.317. The van der Waals surface area contributed by atoms with E-state index in [4.69, 9.17) is 23.9 Å². The highest BCUT2D eigenvalue weighted by Crippen LogP contribution is 2.28. The van der Waals surface area contributed by atoms with Crippen molar-refractivity contribution < 1.29 is 23.7 Å². The summed E-state index contributed by atoms with van der Waals surface area (Å²) in [5, 5.41) is 4.33. The van der Waals surface area contributed by atoms with E-state index >= 15 is 0 Å². The van der Waals surface area contributed by atoms with Gasteiger partial charge in [-0.05, 0) is 42.8 Å². The average molecular weight is 534 g/mol. The third kappa shape index (κ3) is 6.78. The van der Waals surface area contributed by atoms with Crippen LogP contribution in [0.4, 0.5) is 17.8 Å². The number of rotatable bonds is 8. The highest BCUT2D eigenvalue weighted by Gasteiger charge is 2.20. The molecule has 2 aliphatic heterocycles. The molecule has 0 radical (unpaired) electrons. The zero-order valence-electron chi connectivity index (χ0n) is 22.0. The molecule has 1 N–H and O–H groups in total. The maximum atomic E-state index is 12.6. The van der Waals surface area contributed by atoms with Crippen molar-refractivity contribution in [1.82, 2.24) is 15.0 Å². The molecule has 1 aromatic heterocycles. The first-order valence-electron chi connectivity index (χ1n) is 12.8. The molecule has 12 heteroatoms. The van der Waals surface area contributed by atoms with Gasteiger partial charge >= 0.3 is 5.97 Å². The number of carbonyl (C=O) groups is 1. The Morgan fingerprint density at radius 3 is 2.21 bits per heavy atom. The van der Waals surface area contributed by atoms with Crippen molar-refractivity contribution in [3.8, 4) is 11.5 Å². The van der Waals surface area contributed by atoms with Gasteiger partial charge in [-0.1, -0.05) is 17.7 Å². The number of anilines is 3. The topological polar surface area (TPSA) is 124 Å². The van der Waals surface area contributed by atoms with Crippen LogP contribution < -0.4 is 24.7 Å². The number of hydrogen-bond donors (Lipinski definition) is 1. The predicted octanol–water partition coefficient (Wildman–Crippen LogP) is 2.53. The molecule has 2 aromatic carbocycles. The van der Waals surface area contributed by atoms with Crippen LogP contribution in [0.5, 0.6) is 11.5 Å². The fourth-order valence-electron chi connectivity index (χ4n) is 4.16. The van der Waals surface area contributed by atoms with Gasteiger partial charge in [-0.25, -0.2) is 10.2 Å². The van der Waals surface area contributed by atoms with Crippen molar-refractivity contribution in [3.05, 3.63) is 59.2 Å². The molecule has 2 saturated heterocycles. The molecule has 5 rings (SSSR count). The molecule has 0 atom stereocenters. The van der Waals surface area contributed by atoms with E-state index in [0.29, 0.717) is 87.5 Å². The molecule has 3 aromatic rings. The molecular weight excluding hydrogens is 502 g/mol. The lowest BCUT2D eigenvalue weighted by molar-refractivity contribution is 0.0729. The number of hydrazone groups is 1. The molecule has 0 spiro atoms. The lowest BCUT2D eigenvalue weighted by atomic mass is 10.1. The van der Waals surface area contributed by atoms with Gasteiger partial charge in [0.2, 0.25) is 17.8 Å². The van der Waals surface area contributed by atoms with Gasteiger partial charge in [-0.3, -0.25) is 0 Å². The molecule has 204 valence electrons. The molecule has 39 heavy (non-hydrogen) atoms. The first-order valence-corrected chi connectivity index (χ1v) is 12.8. The molecule has 0 saturated carbocycles. The Hall–Kier alpha value is -4.29. The van der Waals surface area contributed by atoms with Gasteiger partial charge in [0.25, 0.3) is 0 Å². The van der Waals surface area contributed by atoms with Crippen molar-refractivity contribution in [3.63, 3.8) is 0 Å². The summed E-state index contributed by atoms with van der Waals surface area (Å²) in [6.07, 6.45) is 1.61. The molecular formula is C27H31N7O5. The standard InChI is InChI=1S/C27H31N7O5/c1-19-4-3-5-21(16-19)24(35)39-22-7-6-20(17-23(22)36-2)18-28-32-25-29-26(33-8-12-37-13-9-33)31-27(30-25)34-10-14-38-15-11-34/h3-7,16-18H,8-15H2,1-2H3,(H,29,30,31,32)/b28-18-. The summed E-state index contributed by atoms with van der Waals surface area (Å²) in [6.45, 7) is 7.23. The zero-order valence-corrected chi connectivity index (χ0v) is 22.0. The number of morpholine rings is 2. The first kappa shape index (κ1) is 26.3. The van der Waals surface area contributed by atoms with Crippen molar-refractivity contribution >= 4 is 30.0 Å². The highest BCUT2D eigenvalue weighted by molar-refractivity contribution is 5.91. The maximum absolute atomic E-state index is 12.6. The molecule has 2 fully saturated rings. The lowest BCUT2D eigenvalue weighted by Gasteiger charge is -2.30. The Balaban J connectivity index is 1.30. The number of nitrogens with zero attached hydrogens (tertiary/aromatic N) is 6. The fourth-order valence-corrected chi connectivity index (χ4v) is 4.16. The van der Waals surface area contributed by atoms with E-state index in [1.807, 2.05) is 19.1 Å². The number of aromatic nitrogens is 3. The lowest BCUT2D eigenvalue weighted by Crippen LogP contribution is -2.40. The summed E-state index contributed by atoms with van der Waals surface area (Å²) in [4.78, 5) is 30.6. The minimum atomic E-state index is -0.456. The SMILES string of the molecule is COc1cc(/C=N\Nc2nc(N3CCOCC3)nc(N3CCOCC3)n2)ccc1OC(=O)c1cccc(C)c1. The van der Waals surface area contributed by atoms with Gasteiger partial charge in [0.05, 0.1) is 45.3 Å². The Bertz CT molecular complexity index is 1290. The number of methoxy groups -OCH3 is 1. The van der Waals surface area contributed by atoms with E-state index in [-0.39, 0.29) is 0 Å². The zero-order chi connectivity index (χ0) is 27.0. The second-order valence-electron chi connectivity index (χ2n) is 9.00. The molecule has 0 unspecified atom stereocenters. The van der Waals surface area contributed by atoms with Crippen LogP contribution in [0.3, 0.4) is 0 Å². The van der Waals surface area contributed by atoms with Gasteiger partial charge in [-0.2, -0.15) is 20.1 Å². The Labute approximate surface area is 226 Å². The number of benzene rings is 2. The van der Waals surface area contributed by atoms with Crippen LogP contribution in [0.1, 0.15) is 21.5 Å². The molecule has 3 heterocycles. The summed E-state index contributed by atoms with van der Waals surface area (Å²) in [6, 6.07) is 12.4. The Morgan fingerprint density at radius 2 is 1.59 bits per heavy atom. The van der Waals surface area contributed by atoms with Crippen molar-refractivity contribution in [2.24, 2.45) is 5.10 Å². The smallest absolute Gasteiger partial charge is 0.343 e. The van der Waals surface area contributed by atoms with Gasteiger partial charge in [-0.15, -0.1) is 0 Å². The van der Waals surface area contributed by atoms with Crippen molar-refractivity contribution in [2.75, 3.05) is 74.9 Å². The number of nitrogens with one attached hydrogen (secondary N) is 1. The third-order valence-corrected chi connectivity index (χ3v) is 6.22. The van der Waals surface area contributed by atoms with Crippen LogP contribution in [0.15, 0.2) is 47.6 Å². The Kier molecular flexibility index (Phi) is 8.44. The number of esters is 1. The normalized spacial score (nSPS) is 15.8. The summed E-state index contributed by atoms with van der Waals surface area (Å²) >= 11 is 0. The van der Waals surface area contributed by atoms with Crippen LogP contribution in [-0.4, -0.2) is 86.9 Å². The van der Waals surface area contributed by atoms with Gasteiger partial charge < -0.3 is 28.7 Å². The fraction of sp³-hybridized carbons (Fsp3) is 0.370. The van der Waals surface area contributed by atoms with Crippen LogP contribution >= 0.6 is 0 Å². The molecule has 0 amide bonds. The van der Waals surface area contributed by atoms with E-state index in [1.165, 1.54) is 7.11 Å². The number of hydrogen-bond acceptors (Lipinski definition) is 12. The minimum Gasteiger partial charge on any atom is -0.493 e. The first-order chi connectivity index (χ1) is 19.1. The quantitative estimate of drug-likeness (QED) is 0.199. The predicted molar refractivity (Wildman–Crippen MR) is 146 cm³/mol. The summed E-state index contributed by atoms with van der Waals surface area (Å²) in [5.74, 6) is 1.76. The second-order valence-corrected chi connectivity index (χ2v) is 9.00. The highest BCUT2D eigenvalue weighted by atomic mass is 16.6. The van der Waals surface area contributed by atoms with Crippen molar-refractivity contribution in [2.45, 2.75) is 6.92 Å². The number of carbonyl (C=O) groups excluding carboxylic acids is 1. The molecule has 2 aliphatic rings. The second kappa shape index (κ2) is 12.5. The maximum Gasteiger partial charge on any atom is 0.343 e. The Morgan fingerprint density at radius 1 is 0.923 bits per heavy atom. The van der Waals surface area contributed by atoms with Crippen molar-refractivity contribution in [1.29, 1.82) is 0 Å². The van der Waals surface area contributed by atoms with E-state index in [0.717, 1.165) is 11.1 Å². The largest absolute Gasteiger partial charge is 0.493 e. The van der Waals surface area contributed by atoms with Crippen LogP contribution in [0, 0.1) is 6.92 Å². The summed E-state index contributed by atoms with van der Waals surface area (Å²) in [5.41, 5.74) is 5.10. The molecule has 12 nitrogen and oxygen atoms in total. The number of aryl methyl sites for hydroxylation is 1. The van der Waals surface area contributed by atoms with Gasteiger partial charge in [0.1, 0.15) is 0 Å². The van der Waals surface area contributed by atoms with Crippen LogP contribution in [0.2, 0.25) is 0 Å². The van der Waals surface area contributed by atoms with E-state index in [9.17, 15) is 4.79 Å². The number of ether oxygens (including phenoxy) is 4. The monoisotopic (exact) mass is 533 g/mol. The molecule has 0 bridgehead atoms. The third-order valence-electron chi connectivity index (χ3n) is 6.22. The molecule has 0 aliphatic carbocycles. The average Bonchev–Trinajstić information content (AvgIpc) is 2.98. The van der Waals surface area contributed by atoms with Gasteiger partial charge in [0.15, 0.2) is 11.5 Å². The van der Waals surface area contributed by atoms with Crippen LogP contribution in [-0.2, 0) is 9.47 Å². The summed E-state index contributed by atoms with van der Waals surface area (Å²) in [7, 11) is 1.52. The van der Waals surface area contributed by atoms with E-state index < -0.39 is 5.97 Å². The van der Waals surface area contributed by atoms with Gasteiger partial charge in [0, 0.05) is 26.2 Å². The summed E-state index contributed by atoms with van der Waals surface area (Å²) < 4.78 is 22.0.